The maximum Gasteiger partial charge on any atom is 0.337 e. The summed E-state index contributed by atoms with van der Waals surface area (Å²) < 4.78 is 14.6. The Hall–Kier alpha value is -1.69. The zero-order chi connectivity index (χ0) is 17.6. The summed E-state index contributed by atoms with van der Waals surface area (Å²) in [5, 5.41) is 0.785. The number of rotatable bonds is 2. The molecule has 2 aromatic carbocycles. The lowest BCUT2D eigenvalue weighted by Gasteiger charge is -2.00. The first-order valence-electron chi connectivity index (χ1n) is 7.61. The van der Waals surface area contributed by atoms with Gasteiger partial charge in [0.2, 0.25) is 0 Å². The molecule has 1 saturated heterocycles. The van der Waals surface area contributed by atoms with Crippen molar-refractivity contribution in [3.63, 3.8) is 0 Å². The van der Waals surface area contributed by atoms with Crippen molar-refractivity contribution in [2.45, 2.75) is 13.2 Å². The minimum Gasteiger partial charge on any atom is -0.465 e. The molecule has 1 aliphatic heterocycles. The van der Waals surface area contributed by atoms with Crippen molar-refractivity contribution < 1.29 is 19.0 Å². The van der Waals surface area contributed by atoms with Crippen molar-refractivity contribution in [1.29, 1.82) is 0 Å². The molecule has 0 unspecified atom stereocenters. The fourth-order valence-electron chi connectivity index (χ4n) is 1.72. The lowest BCUT2D eigenvalue weighted by atomic mass is 10.2. The maximum atomic E-state index is 10.8. The van der Waals surface area contributed by atoms with E-state index in [2.05, 4.69) is 39.7 Å². The highest BCUT2D eigenvalue weighted by Gasteiger charge is 2.12. The Morgan fingerprint density at radius 2 is 1.54 bits per heavy atom. The number of benzene rings is 2. The van der Waals surface area contributed by atoms with Gasteiger partial charge in [-0.3, -0.25) is 0 Å². The molecule has 0 aromatic heterocycles. The van der Waals surface area contributed by atoms with Crippen LogP contribution in [-0.2, 0) is 14.2 Å². The van der Waals surface area contributed by atoms with Crippen LogP contribution in [0.1, 0.15) is 15.9 Å². The third-order valence-corrected chi connectivity index (χ3v) is 3.48. The third-order valence-electron chi connectivity index (χ3n) is 2.95. The van der Waals surface area contributed by atoms with E-state index in [4.69, 9.17) is 9.47 Å². The summed E-state index contributed by atoms with van der Waals surface area (Å²) in [5.74, 6) is -0.291. The van der Waals surface area contributed by atoms with Crippen LogP contribution in [0.5, 0.6) is 0 Å². The Kier molecular flexibility index (Phi) is 10.8. The van der Waals surface area contributed by atoms with E-state index in [0.717, 1.165) is 18.5 Å². The molecule has 0 spiro atoms. The molecular formula is C19H23BrO4. The van der Waals surface area contributed by atoms with E-state index in [1.807, 2.05) is 24.3 Å². The molecule has 1 heterocycles. The van der Waals surface area contributed by atoms with Gasteiger partial charge in [-0.1, -0.05) is 70.0 Å². The molecule has 24 heavy (non-hydrogen) atoms. The number of methoxy groups -OCH3 is 1. The van der Waals surface area contributed by atoms with Crippen molar-refractivity contribution >= 4 is 21.9 Å². The third kappa shape index (κ3) is 8.82. The summed E-state index contributed by atoms with van der Waals surface area (Å²) in [5.41, 5.74) is 1.91. The first-order chi connectivity index (χ1) is 11.7. The predicted octanol–water partition coefficient (Wildman–Crippen LogP) is 4.22. The van der Waals surface area contributed by atoms with Crippen molar-refractivity contribution in [3.8, 4) is 0 Å². The number of carbonyl (C=O) groups excluding carboxylic acids is 1. The Bertz CT molecular complexity index is 554. The smallest absolute Gasteiger partial charge is 0.337 e. The van der Waals surface area contributed by atoms with Gasteiger partial charge in [-0.25, -0.2) is 4.79 Å². The highest BCUT2D eigenvalue weighted by atomic mass is 79.9. The second kappa shape index (κ2) is 12.7. The summed E-state index contributed by atoms with van der Waals surface area (Å²) in [6.45, 7) is 3.58. The Labute approximate surface area is 151 Å². The highest BCUT2D eigenvalue weighted by Crippen LogP contribution is 2.04. The maximum absolute atomic E-state index is 10.8. The Morgan fingerprint density at radius 3 is 1.88 bits per heavy atom. The van der Waals surface area contributed by atoms with Crippen LogP contribution in [0.2, 0.25) is 0 Å². The van der Waals surface area contributed by atoms with Crippen LogP contribution in [0.25, 0.3) is 0 Å². The molecule has 0 radical (unpaired) electrons. The van der Waals surface area contributed by atoms with Crippen LogP contribution in [0.3, 0.4) is 0 Å². The topological polar surface area (TPSA) is 44.8 Å². The first-order valence-corrected chi connectivity index (χ1v) is 8.73. The second-order valence-electron chi connectivity index (χ2n) is 4.84. The van der Waals surface area contributed by atoms with Gasteiger partial charge in [0.25, 0.3) is 0 Å². The van der Waals surface area contributed by atoms with Gasteiger partial charge in [0.05, 0.1) is 31.2 Å². The molecule has 0 bridgehead atoms. The average Bonchev–Trinajstić information content (AvgIpc) is 3.17. The summed E-state index contributed by atoms with van der Waals surface area (Å²) in [6.07, 6.45) is 0.0139. The fourth-order valence-corrected chi connectivity index (χ4v) is 2.10. The van der Waals surface area contributed by atoms with Crippen LogP contribution >= 0.6 is 15.9 Å². The molecule has 1 aliphatic rings. The second-order valence-corrected chi connectivity index (χ2v) is 5.49. The van der Waals surface area contributed by atoms with E-state index < -0.39 is 0 Å². The van der Waals surface area contributed by atoms with Crippen molar-refractivity contribution in [1.82, 2.24) is 0 Å². The number of hydrogen-bond acceptors (Lipinski definition) is 4. The largest absolute Gasteiger partial charge is 0.465 e. The van der Waals surface area contributed by atoms with Crippen molar-refractivity contribution in [2.75, 3.05) is 25.7 Å². The zero-order valence-corrected chi connectivity index (χ0v) is 15.6. The SMILES string of the molecule is BrCC1OCCO1.COC(=O)c1ccccc1.Cc1ccccc1. The van der Waals surface area contributed by atoms with Crippen LogP contribution in [0.4, 0.5) is 0 Å². The lowest BCUT2D eigenvalue weighted by Crippen LogP contribution is -2.07. The highest BCUT2D eigenvalue weighted by molar-refractivity contribution is 9.09. The Balaban J connectivity index is 0.000000185. The number of alkyl halides is 1. The molecule has 3 rings (SSSR count). The molecule has 0 N–H and O–H groups in total. The van der Waals surface area contributed by atoms with Crippen LogP contribution in [-0.4, -0.2) is 37.9 Å². The normalized spacial score (nSPS) is 13.1. The first kappa shape index (κ1) is 20.4. The molecule has 2 aromatic rings. The van der Waals surface area contributed by atoms with E-state index >= 15 is 0 Å². The molecule has 0 aliphatic carbocycles. The summed E-state index contributed by atoms with van der Waals surface area (Å²) in [7, 11) is 1.37. The quantitative estimate of drug-likeness (QED) is 0.564. The number of esters is 1. The minimum atomic E-state index is -0.291. The fraction of sp³-hybridized carbons (Fsp3) is 0.316. The molecule has 0 saturated carbocycles. The van der Waals surface area contributed by atoms with Gasteiger partial charge >= 0.3 is 5.97 Å². The van der Waals surface area contributed by atoms with Gasteiger partial charge < -0.3 is 14.2 Å². The molecule has 130 valence electrons. The lowest BCUT2D eigenvalue weighted by molar-refractivity contribution is -0.0205. The number of carbonyl (C=O) groups is 1. The Morgan fingerprint density at radius 1 is 1.04 bits per heavy atom. The summed E-state index contributed by atoms with van der Waals surface area (Å²) in [6, 6.07) is 19.1. The van der Waals surface area contributed by atoms with E-state index in [0.29, 0.717) is 5.56 Å². The van der Waals surface area contributed by atoms with Crippen molar-refractivity contribution in [3.05, 3.63) is 71.8 Å². The number of ether oxygens (including phenoxy) is 3. The monoisotopic (exact) mass is 394 g/mol. The van der Waals surface area contributed by atoms with Gasteiger partial charge in [-0.05, 0) is 19.1 Å². The minimum absolute atomic E-state index is 0.0139. The standard InChI is InChI=1S/C8H8O2.C7H8.C4H7BrO2/c1-10-8(9)7-5-3-2-4-6-7;1-7-5-3-2-4-6-7;5-3-4-6-1-2-7-4/h2-6H,1H3;2-6H,1H3;4H,1-3H2. The van der Waals surface area contributed by atoms with Crippen LogP contribution in [0, 0.1) is 6.92 Å². The predicted molar refractivity (Wildman–Crippen MR) is 98.4 cm³/mol. The molecule has 4 nitrogen and oxygen atoms in total. The number of halogens is 1. The molecule has 1 fully saturated rings. The molecular weight excluding hydrogens is 372 g/mol. The van der Waals surface area contributed by atoms with Crippen LogP contribution in [0.15, 0.2) is 60.7 Å². The van der Waals surface area contributed by atoms with Crippen LogP contribution < -0.4 is 0 Å². The van der Waals surface area contributed by atoms with Crippen molar-refractivity contribution in [2.24, 2.45) is 0 Å². The average molecular weight is 395 g/mol. The van der Waals surface area contributed by atoms with Gasteiger partial charge in [-0.15, -0.1) is 0 Å². The van der Waals surface area contributed by atoms with E-state index in [9.17, 15) is 4.79 Å². The molecule has 0 atom stereocenters. The van der Waals surface area contributed by atoms with Gasteiger partial charge in [0, 0.05) is 0 Å². The van der Waals surface area contributed by atoms with E-state index in [1.165, 1.54) is 12.7 Å². The van der Waals surface area contributed by atoms with Gasteiger partial charge in [0.15, 0.2) is 6.29 Å². The van der Waals surface area contributed by atoms with E-state index in [-0.39, 0.29) is 12.3 Å². The molecule has 0 amide bonds. The van der Waals surface area contributed by atoms with Gasteiger partial charge in [-0.2, -0.15) is 0 Å². The number of hydrogen-bond donors (Lipinski definition) is 0. The number of aryl methyl sites for hydroxylation is 1. The van der Waals surface area contributed by atoms with Gasteiger partial charge in [0.1, 0.15) is 0 Å². The zero-order valence-electron chi connectivity index (χ0n) is 14.0. The summed E-state index contributed by atoms with van der Waals surface area (Å²) >= 11 is 3.23. The molecule has 5 heteroatoms. The summed E-state index contributed by atoms with van der Waals surface area (Å²) in [4.78, 5) is 10.8. The van der Waals surface area contributed by atoms with E-state index in [1.54, 1.807) is 24.3 Å².